The highest BCUT2D eigenvalue weighted by Crippen LogP contribution is 2.45. The van der Waals surface area contributed by atoms with E-state index in [2.05, 4.69) is 20.2 Å². The number of rotatable bonds is 5. The van der Waals surface area contributed by atoms with Crippen molar-refractivity contribution < 1.29 is 13.6 Å². The summed E-state index contributed by atoms with van der Waals surface area (Å²) in [6.07, 6.45) is 4.08. The molecule has 3 aromatic heterocycles. The molecule has 2 fully saturated rings. The van der Waals surface area contributed by atoms with Crippen LogP contribution in [-0.2, 0) is 6.54 Å². The maximum absolute atomic E-state index is 13.8. The number of amides is 1. The third-order valence-corrected chi connectivity index (χ3v) is 6.47. The zero-order valence-corrected chi connectivity index (χ0v) is 17.7. The minimum Gasteiger partial charge on any atom is -0.356 e. The number of pyridine rings is 2. The van der Waals surface area contributed by atoms with Crippen LogP contribution in [0.5, 0.6) is 0 Å². The Kier molecular flexibility index (Phi) is 4.60. The molecule has 0 spiro atoms. The van der Waals surface area contributed by atoms with Crippen molar-refractivity contribution in [1.82, 2.24) is 14.5 Å². The predicted octanol–water partition coefficient (Wildman–Crippen LogP) is 4.47. The smallest absolute Gasteiger partial charge is 0.272 e. The highest BCUT2D eigenvalue weighted by molar-refractivity contribution is 6.06. The predicted molar refractivity (Wildman–Crippen MR) is 121 cm³/mol. The second kappa shape index (κ2) is 7.65. The Hall–Kier alpha value is -3.81. The second-order valence-corrected chi connectivity index (χ2v) is 8.83. The number of carbonyl (C=O) groups excluding carboxylic acids is 1. The molecule has 6 rings (SSSR count). The van der Waals surface area contributed by atoms with Gasteiger partial charge in [-0.25, -0.2) is 18.7 Å². The third-order valence-electron chi connectivity index (χ3n) is 6.47. The van der Waals surface area contributed by atoms with Crippen molar-refractivity contribution in [3.8, 4) is 0 Å². The number of anilines is 2. The molecule has 1 N–H and O–H groups in total. The number of fused-ring (bicyclic) bond motifs is 2. The standard InChI is InChI=1S/C25H21F2N5O/c26-19-3-1-2-15(6-19)12-32-22(9-16-8-20(27)10-29-24(16)32)25(33)30-21-4-5-23(28-11-21)31-13-17-7-18(17)14-31/h1-6,8-11,17-18H,7,12-14H2,(H,30,33). The van der Waals surface area contributed by atoms with E-state index in [1.165, 1.54) is 24.6 Å². The lowest BCUT2D eigenvalue weighted by Crippen LogP contribution is -2.23. The van der Waals surface area contributed by atoms with Gasteiger partial charge in [0.1, 0.15) is 28.8 Å². The average molecular weight is 445 g/mol. The number of hydrogen-bond donors (Lipinski definition) is 1. The summed E-state index contributed by atoms with van der Waals surface area (Å²) in [7, 11) is 0. The first kappa shape index (κ1) is 19.8. The van der Waals surface area contributed by atoms with Crippen LogP contribution in [0.3, 0.4) is 0 Å². The molecule has 2 atom stereocenters. The van der Waals surface area contributed by atoms with Crippen LogP contribution in [0.25, 0.3) is 11.0 Å². The fourth-order valence-electron chi connectivity index (χ4n) is 4.71. The van der Waals surface area contributed by atoms with E-state index in [-0.39, 0.29) is 18.3 Å². The second-order valence-electron chi connectivity index (χ2n) is 8.83. The Labute approximate surface area is 188 Å². The van der Waals surface area contributed by atoms with E-state index < -0.39 is 5.82 Å². The Bertz CT molecular complexity index is 1360. The molecule has 2 unspecified atom stereocenters. The summed E-state index contributed by atoms with van der Waals surface area (Å²) in [6, 6.07) is 12.8. The van der Waals surface area contributed by atoms with E-state index in [1.54, 1.807) is 29.0 Å². The minimum atomic E-state index is -0.489. The Morgan fingerprint density at radius 2 is 1.85 bits per heavy atom. The number of piperidine rings is 1. The molecule has 6 nitrogen and oxygen atoms in total. The number of hydrogen-bond acceptors (Lipinski definition) is 4. The van der Waals surface area contributed by atoms with Crippen molar-refractivity contribution in [3.63, 3.8) is 0 Å². The number of nitrogens with one attached hydrogen (secondary N) is 1. The molecule has 4 heterocycles. The molecule has 4 aromatic rings. The van der Waals surface area contributed by atoms with Crippen molar-refractivity contribution >= 4 is 28.4 Å². The number of carbonyl (C=O) groups is 1. The lowest BCUT2D eigenvalue weighted by Gasteiger charge is -2.19. The summed E-state index contributed by atoms with van der Waals surface area (Å²) in [5.41, 5.74) is 1.99. The fourth-order valence-corrected chi connectivity index (χ4v) is 4.71. The van der Waals surface area contributed by atoms with Gasteiger partial charge in [-0.3, -0.25) is 4.79 Å². The van der Waals surface area contributed by atoms with Crippen LogP contribution in [0.15, 0.2) is 60.9 Å². The Morgan fingerprint density at radius 1 is 1.00 bits per heavy atom. The Morgan fingerprint density at radius 3 is 2.61 bits per heavy atom. The molecule has 166 valence electrons. The molecule has 1 aromatic carbocycles. The van der Waals surface area contributed by atoms with E-state index in [4.69, 9.17) is 0 Å². The van der Waals surface area contributed by atoms with Gasteiger partial charge in [0.2, 0.25) is 0 Å². The average Bonchev–Trinajstić information content (AvgIpc) is 3.25. The SMILES string of the molecule is O=C(Nc1ccc(N2CC3CC3C2)nc1)c1cc2cc(F)cnc2n1Cc1cccc(F)c1. The summed E-state index contributed by atoms with van der Waals surface area (Å²) in [6.45, 7) is 2.32. The first-order valence-corrected chi connectivity index (χ1v) is 10.9. The van der Waals surface area contributed by atoms with Gasteiger partial charge in [-0.05, 0) is 60.2 Å². The van der Waals surface area contributed by atoms with Gasteiger partial charge in [-0.2, -0.15) is 0 Å². The molecule has 33 heavy (non-hydrogen) atoms. The van der Waals surface area contributed by atoms with E-state index in [1.807, 2.05) is 12.1 Å². The lowest BCUT2D eigenvalue weighted by atomic mass is 10.2. The number of halogens is 2. The van der Waals surface area contributed by atoms with E-state index in [9.17, 15) is 13.6 Å². The maximum atomic E-state index is 13.8. The van der Waals surface area contributed by atoms with Gasteiger partial charge in [0.15, 0.2) is 0 Å². The highest BCUT2D eigenvalue weighted by Gasteiger charge is 2.45. The van der Waals surface area contributed by atoms with Gasteiger partial charge >= 0.3 is 0 Å². The van der Waals surface area contributed by atoms with Crippen LogP contribution >= 0.6 is 0 Å². The molecule has 0 bridgehead atoms. The monoisotopic (exact) mass is 445 g/mol. The first-order valence-electron chi connectivity index (χ1n) is 10.9. The lowest BCUT2D eigenvalue weighted by molar-refractivity contribution is 0.101. The third kappa shape index (κ3) is 3.82. The largest absolute Gasteiger partial charge is 0.356 e. The van der Waals surface area contributed by atoms with Crippen molar-refractivity contribution in [1.29, 1.82) is 0 Å². The van der Waals surface area contributed by atoms with Crippen LogP contribution in [0.4, 0.5) is 20.3 Å². The van der Waals surface area contributed by atoms with Crippen LogP contribution in [0, 0.1) is 23.5 Å². The molecule has 1 aliphatic heterocycles. The van der Waals surface area contributed by atoms with E-state index in [0.29, 0.717) is 28.0 Å². The van der Waals surface area contributed by atoms with Crippen LogP contribution < -0.4 is 10.2 Å². The Balaban J connectivity index is 1.28. The molecule has 1 amide bonds. The molecular formula is C25H21F2N5O. The van der Waals surface area contributed by atoms with Gasteiger partial charge in [0, 0.05) is 25.0 Å². The van der Waals surface area contributed by atoms with Gasteiger partial charge < -0.3 is 14.8 Å². The number of nitrogens with zero attached hydrogens (tertiary/aromatic N) is 4. The van der Waals surface area contributed by atoms with Crippen molar-refractivity contribution in [2.24, 2.45) is 11.8 Å². The minimum absolute atomic E-state index is 0.219. The van der Waals surface area contributed by atoms with Gasteiger partial charge in [-0.1, -0.05) is 12.1 Å². The zero-order valence-electron chi connectivity index (χ0n) is 17.7. The quantitative estimate of drug-likeness (QED) is 0.493. The van der Waals surface area contributed by atoms with E-state index in [0.717, 1.165) is 36.9 Å². The van der Waals surface area contributed by atoms with Crippen molar-refractivity contribution in [2.75, 3.05) is 23.3 Å². The number of aromatic nitrogens is 3. The van der Waals surface area contributed by atoms with Gasteiger partial charge in [-0.15, -0.1) is 0 Å². The molecule has 1 saturated carbocycles. The summed E-state index contributed by atoms with van der Waals surface area (Å²) >= 11 is 0. The molecular weight excluding hydrogens is 424 g/mol. The van der Waals surface area contributed by atoms with Crippen LogP contribution in [0.2, 0.25) is 0 Å². The molecule has 2 aliphatic rings. The van der Waals surface area contributed by atoms with E-state index >= 15 is 0 Å². The van der Waals surface area contributed by atoms with Crippen LogP contribution in [0.1, 0.15) is 22.5 Å². The normalized spacial score (nSPS) is 19.0. The van der Waals surface area contributed by atoms with Crippen molar-refractivity contribution in [2.45, 2.75) is 13.0 Å². The molecule has 8 heteroatoms. The zero-order chi connectivity index (χ0) is 22.5. The summed E-state index contributed by atoms with van der Waals surface area (Å²) in [5, 5.41) is 3.37. The van der Waals surface area contributed by atoms with Crippen molar-refractivity contribution in [3.05, 3.63) is 83.8 Å². The van der Waals surface area contributed by atoms with Crippen LogP contribution in [-0.4, -0.2) is 33.5 Å². The molecule has 0 radical (unpaired) electrons. The molecule has 1 saturated heterocycles. The van der Waals surface area contributed by atoms with Gasteiger partial charge in [0.05, 0.1) is 18.1 Å². The fraction of sp³-hybridized carbons (Fsp3) is 0.240. The summed E-state index contributed by atoms with van der Waals surface area (Å²) < 4.78 is 29.1. The number of benzene rings is 1. The summed E-state index contributed by atoms with van der Waals surface area (Å²) in [4.78, 5) is 24.1. The van der Waals surface area contributed by atoms with Gasteiger partial charge in [0.25, 0.3) is 5.91 Å². The maximum Gasteiger partial charge on any atom is 0.272 e. The summed E-state index contributed by atoms with van der Waals surface area (Å²) in [5.74, 6) is 1.31. The topological polar surface area (TPSA) is 63.1 Å². The first-order chi connectivity index (χ1) is 16.0. The molecule has 1 aliphatic carbocycles. The highest BCUT2D eigenvalue weighted by atomic mass is 19.1.